The summed E-state index contributed by atoms with van der Waals surface area (Å²) in [6.07, 6.45) is 0.283. The predicted molar refractivity (Wildman–Crippen MR) is 145 cm³/mol. The lowest BCUT2D eigenvalue weighted by atomic mass is 9.85. The fourth-order valence-electron chi connectivity index (χ4n) is 5.65. The zero-order chi connectivity index (χ0) is 27.5. The Hall–Kier alpha value is -3.65. The van der Waals surface area contributed by atoms with E-state index in [4.69, 9.17) is 13.1 Å². The minimum Gasteiger partial charge on any atom is -0.493 e. The summed E-state index contributed by atoms with van der Waals surface area (Å²) >= 11 is 0. The van der Waals surface area contributed by atoms with Gasteiger partial charge in [-0.2, -0.15) is 16.8 Å². The molecular formula is C28H26N4O7S. The van der Waals surface area contributed by atoms with E-state index >= 15 is 0 Å². The zero-order valence-electron chi connectivity index (χ0n) is 21.2. The lowest BCUT2D eigenvalue weighted by Gasteiger charge is -2.54. The number of nitrogens with zero attached hydrogens (tertiary/aromatic N) is 3. The van der Waals surface area contributed by atoms with E-state index in [-0.39, 0.29) is 38.1 Å². The molecule has 2 aromatic heterocycles. The molecule has 0 amide bonds. The first-order valence-electron chi connectivity index (χ1n) is 12.9. The highest BCUT2D eigenvalue weighted by Crippen LogP contribution is 2.49. The van der Waals surface area contributed by atoms with Gasteiger partial charge in [-0.05, 0) is 36.8 Å². The molecule has 0 aliphatic carbocycles. The van der Waals surface area contributed by atoms with Gasteiger partial charge >= 0.3 is 10.4 Å². The number of hydrogen-bond acceptors (Lipinski definition) is 10. The van der Waals surface area contributed by atoms with Crippen LogP contribution in [-0.4, -0.2) is 63.8 Å². The minimum atomic E-state index is -4.25. The number of H-pyrrole nitrogens is 1. The quantitative estimate of drug-likeness (QED) is 0.282. The third kappa shape index (κ3) is 4.29. The highest BCUT2D eigenvalue weighted by atomic mass is 32.3. The van der Waals surface area contributed by atoms with Gasteiger partial charge in [0.05, 0.1) is 41.5 Å². The molecule has 1 unspecified atom stereocenters. The first kappa shape index (κ1) is 25.3. The molecule has 0 radical (unpaired) electrons. The molecule has 2 atom stereocenters. The number of aromatic nitrogens is 3. The monoisotopic (exact) mass is 562 g/mol. The van der Waals surface area contributed by atoms with E-state index in [1.54, 1.807) is 6.07 Å². The second-order valence-corrected chi connectivity index (χ2v) is 11.3. The van der Waals surface area contributed by atoms with Crippen LogP contribution >= 0.6 is 0 Å². The van der Waals surface area contributed by atoms with Gasteiger partial charge in [-0.25, -0.2) is 9.88 Å². The van der Waals surface area contributed by atoms with Crippen molar-refractivity contribution in [1.29, 1.82) is 0 Å². The summed E-state index contributed by atoms with van der Waals surface area (Å²) in [4.78, 5) is 13.7. The maximum atomic E-state index is 11.9. The van der Waals surface area contributed by atoms with Crippen LogP contribution in [0.3, 0.4) is 0 Å². The highest BCUT2D eigenvalue weighted by Gasteiger charge is 2.64. The van der Waals surface area contributed by atoms with Crippen molar-refractivity contribution in [2.75, 3.05) is 13.2 Å². The van der Waals surface area contributed by atoms with E-state index in [9.17, 15) is 18.6 Å². The van der Waals surface area contributed by atoms with E-state index in [1.807, 2.05) is 54.6 Å². The van der Waals surface area contributed by atoms with Crippen LogP contribution in [0.25, 0.3) is 32.8 Å². The van der Waals surface area contributed by atoms with Gasteiger partial charge in [0.1, 0.15) is 17.6 Å². The first-order valence-corrected chi connectivity index (χ1v) is 14.3. The Kier molecular flexibility index (Phi) is 5.82. The standard InChI is InChI=1S/C28H26N4O7S/c33-26(11-14-37-18-9-10-20-19-5-1-2-6-21(19)30-24(20)15-18)32-13-12-27(34,17-28(32)38-40(35,36)39-28)25-16-29-22-7-3-4-8-23(22)31-25/h1-10,15-16,26,30,33-34H,11-14,17H2/t26-,27?/m1/s1. The van der Waals surface area contributed by atoms with Gasteiger partial charge in [-0.15, -0.1) is 0 Å². The number of ether oxygens (including phenoxy) is 1. The number of rotatable bonds is 6. The first-order chi connectivity index (χ1) is 19.2. The topological polar surface area (TPSA) is 147 Å². The second kappa shape index (κ2) is 9.20. The van der Waals surface area contributed by atoms with Crippen molar-refractivity contribution < 1.29 is 31.7 Å². The molecule has 2 aliphatic heterocycles. The smallest absolute Gasteiger partial charge is 0.407 e. The number of aliphatic hydroxyl groups excluding tert-OH is 1. The molecule has 206 valence electrons. The number of hydrogen-bond donors (Lipinski definition) is 3. The Morgan fingerprint density at radius 1 is 1.02 bits per heavy atom. The van der Waals surface area contributed by atoms with Crippen LogP contribution in [0, 0.1) is 0 Å². The average molecular weight is 563 g/mol. The van der Waals surface area contributed by atoms with Crippen molar-refractivity contribution >= 4 is 43.2 Å². The van der Waals surface area contributed by atoms with Crippen LogP contribution in [0.2, 0.25) is 0 Å². The van der Waals surface area contributed by atoms with Crippen LogP contribution in [0.4, 0.5) is 0 Å². The summed E-state index contributed by atoms with van der Waals surface area (Å²) in [7, 11) is -4.25. The number of aliphatic hydroxyl groups is 2. The normalized spacial score (nSPS) is 22.9. The molecule has 12 heteroatoms. The molecule has 11 nitrogen and oxygen atoms in total. The lowest BCUT2D eigenvalue weighted by Crippen LogP contribution is -2.70. The molecule has 2 saturated heterocycles. The molecule has 40 heavy (non-hydrogen) atoms. The Morgan fingerprint density at radius 3 is 2.60 bits per heavy atom. The van der Waals surface area contributed by atoms with Crippen molar-refractivity contribution in [3.05, 3.63) is 78.6 Å². The summed E-state index contributed by atoms with van der Waals surface area (Å²) in [5.41, 5.74) is 1.91. The van der Waals surface area contributed by atoms with Gasteiger partial charge in [0.2, 0.25) is 0 Å². The van der Waals surface area contributed by atoms with Gasteiger partial charge in [-0.3, -0.25) is 4.98 Å². The van der Waals surface area contributed by atoms with E-state index in [0.29, 0.717) is 16.8 Å². The van der Waals surface area contributed by atoms with E-state index in [2.05, 4.69) is 21.0 Å². The molecule has 3 aromatic carbocycles. The van der Waals surface area contributed by atoms with Gasteiger partial charge in [0, 0.05) is 35.3 Å². The van der Waals surface area contributed by atoms with Crippen LogP contribution in [0.1, 0.15) is 25.0 Å². The van der Waals surface area contributed by atoms with Crippen LogP contribution in [-0.2, 0) is 24.4 Å². The minimum absolute atomic E-state index is 0.0721. The fraction of sp³-hybridized carbons (Fsp3) is 0.286. The molecule has 2 fully saturated rings. The van der Waals surface area contributed by atoms with Crippen molar-refractivity contribution in [3.63, 3.8) is 0 Å². The van der Waals surface area contributed by atoms with Crippen molar-refractivity contribution in [2.45, 2.75) is 37.0 Å². The number of likely N-dealkylation sites (tertiary alicyclic amines) is 1. The van der Waals surface area contributed by atoms with Crippen molar-refractivity contribution in [3.8, 4) is 5.75 Å². The third-order valence-electron chi connectivity index (χ3n) is 7.59. The predicted octanol–water partition coefficient (Wildman–Crippen LogP) is 3.28. The summed E-state index contributed by atoms with van der Waals surface area (Å²) in [5, 5.41) is 24.8. The van der Waals surface area contributed by atoms with Crippen molar-refractivity contribution in [2.24, 2.45) is 0 Å². The van der Waals surface area contributed by atoms with Gasteiger partial charge in [-0.1, -0.05) is 30.3 Å². The van der Waals surface area contributed by atoms with E-state index in [1.165, 1.54) is 11.1 Å². The highest BCUT2D eigenvalue weighted by molar-refractivity contribution is 7.82. The number of para-hydroxylation sites is 3. The van der Waals surface area contributed by atoms with Gasteiger partial charge in [0.15, 0.2) is 0 Å². The molecule has 2 aliphatic rings. The number of nitrogens with one attached hydrogen (secondary N) is 1. The number of benzene rings is 3. The molecule has 0 saturated carbocycles. The molecule has 1 spiro atoms. The van der Waals surface area contributed by atoms with Crippen LogP contribution in [0.15, 0.2) is 72.9 Å². The van der Waals surface area contributed by atoms with Crippen LogP contribution in [0.5, 0.6) is 5.75 Å². The van der Waals surface area contributed by atoms with Gasteiger partial charge in [0.25, 0.3) is 5.91 Å². The molecule has 0 bridgehead atoms. The lowest BCUT2D eigenvalue weighted by molar-refractivity contribution is -0.349. The summed E-state index contributed by atoms with van der Waals surface area (Å²) in [5.74, 6) is -1.25. The number of aromatic amines is 1. The summed E-state index contributed by atoms with van der Waals surface area (Å²) in [6, 6.07) is 21.0. The number of fused-ring (bicyclic) bond motifs is 4. The van der Waals surface area contributed by atoms with E-state index < -0.39 is 28.1 Å². The largest absolute Gasteiger partial charge is 0.493 e. The Balaban J connectivity index is 1.06. The van der Waals surface area contributed by atoms with E-state index in [0.717, 1.165) is 21.8 Å². The van der Waals surface area contributed by atoms with Crippen LogP contribution < -0.4 is 4.74 Å². The Bertz CT molecular complexity index is 1850. The average Bonchev–Trinajstić information content (AvgIpc) is 3.29. The SMILES string of the molecule is O=S1(=O)OC2(CC(O)(c3cnc4ccccc4n3)CCN2[C@H](O)CCOc2ccc3c(c2)[nH]c2ccccc23)O1. The number of piperidine rings is 1. The molecule has 4 heterocycles. The maximum absolute atomic E-state index is 11.9. The fourth-order valence-corrected chi connectivity index (χ4v) is 6.61. The molecule has 3 N–H and O–H groups in total. The third-order valence-corrected chi connectivity index (χ3v) is 8.52. The Labute approximate surface area is 229 Å². The maximum Gasteiger partial charge on any atom is 0.407 e. The molecular weight excluding hydrogens is 536 g/mol. The zero-order valence-corrected chi connectivity index (χ0v) is 22.0. The molecule has 7 rings (SSSR count). The molecule has 5 aromatic rings. The Morgan fingerprint density at radius 2 is 1.77 bits per heavy atom. The summed E-state index contributed by atoms with van der Waals surface area (Å²) < 4.78 is 40.2. The van der Waals surface area contributed by atoms with Crippen molar-refractivity contribution in [1.82, 2.24) is 19.9 Å². The van der Waals surface area contributed by atoms with Gasteiger partial charge < -0.3 is 19.9 Å². The summed E-state index contributed by atoms with van der Waals surface area (Å²) in [6.45, 7) is 0.218. The second-order valence-electron chi connectivity index (χ2n) is 10.2.